The number of carbonyl (C=O) groups is 2. The zero-order valence-electron chi connectivity index (χ0n) is 28.6. The average molecular weight is 840 g/mol. The molecule has 2 aromatic heterocycles. The number of nitrogens with one attached hydrogen (secondary N) is 2. The van der Waals surface area contributed by atoms with Crippen molar-refractivity contribution in [1.82, 2.24) is 30.2 Å². The minimum absolute atomic E-state index is 0.0347. The molecule has 0 saturated carbocycles. The van der Waals surface area contributed by atoms with Gasteiger partial charge in [0.25, 0.3) is 0 Å². The van der Waals surface area contributed by atoms with Gasteiger partial charge in [0.2, 0.25) is 11.8 Å². The highest BCUT2D eigenvalue weighted by atomic mass is 32.2. The predicted octanol–water partition coefficient (Wildman–Crippen LogP) is -1.09. The number of imidazole rings is 1. The highest BCUT2D eigenvalue weighted by Crippen LogP contribution is 2.61. The SMILES string of the molecule is CC(O)CCSCCNC(=O)CCNC(=O)C(O)C(C)(C)COP(=O)(O)OP(=O)(O)OC[C@H]1O[C@@H](n2cnc3c(N)ncnc32)[C@H](O)[C@@H]1OP(=O)(O)O. The lowest BCUT2D eigenvalue weighted by Gasteiger charge is -2.30. The van der Waals surface area contributed by atoms with Gasteiger partial charge in [0, 0.05) is 30.7 Å². The number of anilines is 1. The molecule has 1 aliphatic heterocycles. The first-order chi connectivity index (χ1) is 24.5. The molecule has 0 radical (unpaired) electrons. The zero-order chi connectivity index (χ0) is 39.8. The second kappa shape index (κ2) is 19.1. The third-order valence-electron chi connectivity index (χ3n) is 7.33. The van der Waals surface area contributed by atoms with E-state index in [1.165, 1.54) is 13.8 Å². The van der Waals surface area contributed by atoms with E-state index in [4.69, 9.17) is 19.5 Å². The molecule has 1 fully saturated rings. The van der Waals surface area contributed by atoms with Gasteiger partial charge in [0.1, 0.15) is 36.3 Å². The maximum absolute atomic E-state index is 12.6. The second-order valence-electron chi connectivity index (χ2n) is 12.3. The number of aromatic nitrogens is 4. The molecule has 8 atom stereocenters. The largest absolute Gasteiger partial charge is 0.481 e. The Labute approximate surface area is 306 Å². The van der Waals surface area contributed by atoms with Gasteiger partial charge < -0.3 is 56.0 Å². The molecule has 2 aromatic rings. The number of aliphatic hydroxyl groups is 3. The Morgan fingerprint density at radius 2 is 1.74 bits per heavy atom. The number of phosphoric ester groups is 3. The van der Waals surface area contributed by atoms with E-state index in [0.29, 0.717) is 18.7 Å². The van der Waals surface area contributed by atoms with Crippen molar-refractivity contribution in [2.24, 2.45) is 5.41 Å². The van der Waals surface area contributed by atoms with Gasteiger partial charge in [-0.3, -0.25) is 27.7 Å². The number of ether oxygens (including phenoxy) is 1. The fourth-order valence-corrected chi connectivity index (χ4v) is 8.35. The fraction of sp³-hybridized carbons (Fsp3) is 0.720. The molecule has 302 valence electrons. The van der Waals surface area contributed by atoms with Crippen molar-refractivity contribution < 1.29 is 80.8 Å². The van der Waals surface area contributed by atoms with Crippen molar-refractivity contribution in [3.8, 4) is 0 Å². The Morgan fingerprint density at radius 3 is 2.40 bits per heavy atom. The summed E-state index contributed by atoms with van der Waals surface area (Å²) in [7, 11) is -16.3. The van der Waals surface area contributed by atoms with E-state index >= 15 is 0 Å². The highest BCUT2D eigenvalue weighted by molar-refractivity contribution is 7.99. The predicted molar refractivity (Wildman–Crippen MR) is 183 cm³/mol. The standard InChI is InChI=1S/C25H44N7O17P3S/c1-14(33)5-8-53-9-7-27-16(34)4-6-28-23(37)20(36)25(2,3)11-46-52(43,44)49-51(41,42)45-10-15-19(48-50(38,39)40)18(35)24(47-15)32-13-31-17-21(26)29-12-30-22(17)32/h12-15,18-20,24,33,35-36H,4-11H2,1-3H3,(H,27,34)(H,28,37)(H,41,42)(H,43,44)(H2,26,29,30)(H2,38,39,40)/t14?,15-,18-,19-,20?,24-/m1/s1. The number of thioether (sulfide) groups is 1. The normalized spacial score (nSPS) is 22.9. The van der Waals surface area contributed by atoms with E-state index in [1.54, 1.807) is 18.7 Å². The van der Waals surface area contributed by atoms with Crippen molar-refractivity contribution in [1.29, 1.82) is 0 Å². The number of hydrogen-bond acceptors (Lipinski definition) is 18. The summed E-state index contributed by atoms with van der Waals surface area (Å²) in [4.78, 5) is 75.3. The molecule has 3 heterocycles. The molecule has 2 amide bonds. The molecular formula is C25H44N7O17P3S. The molecule has 53 heavy (non-hydrogen) atoms. The number of nitrogen functional groups attached to an aromatic ring is 1. The monoisotopic (exact) mass is 839 g/mol. The highest BCUT2D eigenvalue weighted by Gasteiger charge is 2.50. The minimum atomic E-state index is -5.55. The van der Waals surface area contributed by atoms with Gasteiger partial charge in [-0.15, -0.1) is 0 Å². The quantitative estimate of drug-likeness (QED) is 0.0497. The van der Waals surface area contributed by atoms with Crippen LogP contribution < -0.4 is 16.4 Å². The molecular weight excluding hydrogens is 795 g/mol. The molecule has 0 spiro atoms. The molecule has 1 saturated heterocycles. The molecule has 11 N–H and O–H groups in total. The van der Waals surface area contributed by atoms with E-state index in [1.807, 2.05) is 0 Å². The van der Waals surface area contributed by atoms with Crippen LogP contribution in [0.5, 0.6) is 0 Å². The Kier molecular flexibility index (Phi) is 16.3. The van der Waals surface area contributed by atoms with Gasteiger partial charge in [-0.1, -0.05) is 13.8 Å². The zero-order valence-corrected chi connectivity index (χ0v) is 32.1. The van der Waals surface area contributed by atoms with Crippen LogP contribution in [-0.4, -0.2) is 135 Å². The smallest absolute Gasteiger partial charge is 0.393 e. The molecule has 24 nitrogen and oxygen atoms in total. The number of carbonyl (C=O) groups excluding carboxylic acids is 2. The Morgan fingerprint density at radius 1 is 1.06 bits per heavy atom. The molecule has 28 heteroatoms. The number of hydrogen-bond donors (Lipinski definition) is 10. The van der Waals surface area contributed by atoms with Crippen molar-refractivity contribution in [2.45, 2.75) is 70.4 Å². The van der Waals surface area contributed by atoms with Gasteiger partial charge in [-0.25, -0.2) is 28.6 Å². The Balaban J connectivity index is 1.51. The maximum Gasteiger partial charge on any atom is 0.481 e. The lowest BCUT2D eigenvalue weighted by molar-refractivity contribution is -0.137. The van der Waals surface area contributed by atoms with Crippen LogP contribution in [0.4, 0.5) is 5.82 Å². The summed E-state index contributed by atoms with van der Waals surface area (Å²) in [5.74, 6) is 0.00582. The van der Waals surface area contributed by atoms with Gasteiger partial charge in [-0.05, 0) is 19.1 Å². The molecule has 1 aliphatic rings. The lowest BCUT2D eigenvalue weighted by atomic mass is 9.87. The number of phosphoric acid groups is 3. The van der Waals surface area contributed by atoms with Crippen LogP contribution in [0, 0.1) is 5.41 Å². The van der Waals surface area contributed by atoms with Crippen LogP contribution in [0.2, 0.25) is 0 Å². The first kappa shape index (κ1) is 45.2. The number of amides is 2. The fourth-order valence-electron chi connectivity index (χ4n) is 4.56. The molecule has 0 aromatic carbocycles. The van der Waals surface area contributed by atoms with Crippen LogP contribution in [0.3, 0.4) is 0 Å². The number of nitrogens with zero attached hydrogens (tertiary/aromatic N) is 4. The summed E-state index contributed by atoms with van der Waals surface area (Å²) in [5, 5.41) is 35.6. The van der Waals surface area contributed by atoms with Crippen LogP contribution in [0.15, 0.2) is 12.7 Å². The van der Waals surface area contributed by atoms with E-state index in [9.17, 15) is 58.2 Å². The molecule has 0 bridgehead atoms. The second-order valence-corrected chi connectivity index (χ2v) is 17.8. The van der Waals surface area contributed by atoms with Crippen LogP contribution >= 0.6 is 35.2 Å². The van der Waals surface area contributed by atoms with Crippen molar-refractivity contribution in [3.63, 3.8) is 0 Å². The molecule has 3 rings (SSSR count). The lowest BCUT2D eigenvalue weighted by Crippen LogP contribution is -2.46. The van der Waals surface area contributed by atoms with Crippen molar-refractivity contribution in [2.75, 3.05) is 43.5 Å². The van der Waals surface area contributed by atoms with E-state index in [2.05, 4.69) is 34.4 Å². The summed E-state index contributed by atoms with van der Waals surface area (Å²) in [5.41, 5.74) is 4.29. The van der Waals surface area contributed by atoms with E-state index in [0.717, 1.165) is 23.0 Å². The molecule has 4 unspecified atom stereocenters. The number of fused-ring (bicyclic) bond motifs is 1. The number of nitrogens with two attached hydrogens (primary N) is 1. The summed E-state index contributed by atoms with van der Waals surface area (Å²) >= 11 is 1.55. The third-order valence-corrected chi connectivity index (χ3v) is 11.4. The van der Waals surface area contributed by atoms with E-state index in [-0.39, 0.29) is 35.9 Å². The maximum atomic E-state index is 12.6. The first-order valence-electron chi connectivity index (χ1n) is 15.7. The summed E-state index contributed by atoms with van der Waals surface area (Å²) in [6.45, 7) is 2.44. The Hall–Kier alpha value is -2.15. The topological polar surface area (TPSA) is 367 Å². The van der Waals surface area contributed by atoms with Crippen LogP contribution in [-0.2, 0) is 45.9 Å². The van der Waals surface area contributed by atoms with Crippen molar-refractivity contribution >= 4 is 64.0 Å². The minimum Gasteiger partial charge on any atom is -0.393 e. The number of rotatable bonds is 22. The third kappa shape index (κ3) is 14.1. The summed E-state index contributed by atoms with van der Waals surface area (Å²) in [6, 6.07) is 0. The van der Waals surface area contributed by atoms with Gasteiger partial charge in [-0.2, -0.15) is 16.1 Å². The first-order valence-corrected chi connectivity index (χ1v) is 21.3. The Bertz CT molecular complexity index is 1700. The van der Waals surface area contributed by atoms with Gasteiger partial charge in [0.05, 0.1) is 25.6 Å². The summed E-state index contributed by atoms with van der Waals surface area (Å²) < 4.78 is 62.0. The van der Waals surface area contributed by atoms with E-state index < -0.39 is 84.8 Å². The summed E-state index contributed by atoms with van der Waals surface area (Å²) in [6.07, 6.45) is -6.57. The van der Waals surface area contributed by atoms with Gasteiger partial charge in [0.15, 0.2) is 17.7 Å². The van der Waals surface area contributed by atoms with Gasteiger partial charge >= 0.3 is 23.5 Å². The van der Waals surface area contributed by atoms with Crippen LogP contribution in [0.1, 0.15) is 39.8 Å². The molecule has 0 aliphatic carbocycles. The average Bonchev–Trinajstić information content (AvgIpc) is 3.60. The number of aliphatic hydroxyl groups excluding tert-OH is 3. The van der Waals surface area contributed by atoms with Crippen LogP contribution in [0.25, 0.3) is 11.2 Å². The van der Waals surface area contributed by atoms with Crippen molar-refractivity contribution in [3.05, 3.63) is 12.7 Å².